The zero-order chi connectivity index (χ0) is 15.8. The van der Waals surface area contributed by atoms with Gasteiger partial charge in [0.25, 0.3) is 5.91 Å². The molecule has 0 fully saturated rings. The van der Waals surface area contributed by atoms with Gasteiger partial charge in [0.15, 0.2) is 6.61 Å². The summed E-state index contributed by atoms with van der Waals surface area (Å²) in [6, 6.07) is 4.16. The van der Waals surface area contributed by atoms with E-state index in [9.17, 15) is 9.59 Å². The molecular weight excluding hydrogens is 294 g/mol. The first kappa shape index (κ1) is 17.3. The maximum Gasteiger partial charge on any atom is 0.335 e. The topological polar surface area (TPSA) is 66.8 Å². The summed E-state index contributed by atoms with van der Waals surface area (Å²) < 4.78 is 5.39. The van der Waals surface area contributed by atoms with Crippen LogP contribution in [0.1, 0.15) is 37.0 Å². The number of carboxylic acids is 1. The Balaban J connectivity index is 2.65. The molecule has 0 aliphatic heterocycles. The summed E-state index contributed by atoms with van der Waals surface area (Å²) in [7, 11) is 0. The van der Waals surface area contributed by atoms with E-state index >= 15 is 0 Å². The van der Waals surface area contributed by atoms with Gasteiger partial charge in [-0.3, -0.25) is 4.79 Å². The zero-order valence-corrected chi connectivity index (χ0v) is 13.0. The Morgan fingerprint density at radius 3 is 2.33 bits per heavy atom. The second-order valence-corrected chi connectivity index (χ2v) is 5.03. The molecule has 1 amide bonds. The molecule has 0 saturated carbocycles. The summed E-state index contributed by atoms with van der Waals surface area (Å²) in [4.78, 5) is 24.6. The number of nitrogens with zero attached hydrogens (tertiary/aromatic N) is 1. The van der Waals surface area contributed by atoms with E-state index in [1.807, 2.05) is 13.8 Å². The summed E-state index contributed by atoms with van der Waals surface area (Å²) >= 11 is 5.95. The summed E-state index contributed by atoms with van der Waals surface area (Å²) in [6.07, 6.45) is 1.78. The Kier molecular flexibility index (Phi) is 7.02. The van der Waals surface area contributed by atoms with Crippen LogP contribution >= 0.6 is 11.6 Å². The molecule has 0 saturated heterocycles. The minimum absolute atomic E-state index is 0.0808. The van der Waals surface area contributed by atoms with Crippen molar-refractivity contribution in [2.75, 3.05) is 19.7 Å². The van der Waals surface area contributed by atoms with Crippen LogP contribution in [0, 0.1) is 0 Å². The van der Waals surface area contributed by atoms with Gasteiger partial charge < -0.3 is 14.7 Å². The monoisotopic (exact) mass is 313 g/mol. The van der Waals surface area contributed by atoms with Gasteiger partial charge in [-0.15, -0.1) is 0 Å². The van der Waals surface area contributed by atoms with Crippen LogP contribution in [-0.4, -0.2) is 41.6 Å². The molecule has 1 aromatic carbocycles. The van der Waals surface area contributed by atoms with Crippen LogP contribution in [0.25, 0.3) is 0 Å². The second kappa shape index (κ2) is 8.52. The largest absolute Gasteiger partial charge is 0.482 e. The first-order valence-corrected chi connectivity index (χ1v) is 7.30. The third-order valence-corrected chi connectivity index (χ3v) is 3.17. The maximum absolute atomic E-state index is 12.0. The number of hydrogen-bond donors (Lipinski definition) is 1. The number of carboxylic acid groups (broad SMARTS) is 1. The van der Waals surface area contributed by atoms with E-state index in [0.29, 0.717) is 18.8 Å². The molecule has 0 bridgehead atoms. The van der Waals surface area contributed by atoms with Gasteiger partial charge in [-0.2, -0.15) is 0 Å². The highest BCUT2D eigenvalue weighted by Crippen LogP contribution is 2.25. The van der Waals surface area contributed by atoms with Crippen molar-refractivity contribution >= 4 is 23.5 Å². The number of carbonyl (C=O) groups is 2. The molecule has 0 aromatic heterocycles. The highest BCUT2D eigenvalue weighted by Gasteiger charge is 2.14. The standard InChI is InChI=1S/C15H20ClNO4/c1-3-7-17(8-4-2)14(18)10-21-13-6-5-11(15(19)20)9-12(13)16/h5-6,9H,3-4,7-8,10H2,1-2H3,(H,19,20). The van der Waals surface area contributed by atoms with Gasteiger partial charge in [0.1, 0.15) is 5.75 Å². The van der Waals surface area contributed by atoms with Crippen LogP contribution in [-0.2, 0) is 4.79 Å². The molecule has 0 heterocycles. The van der Waals surface area contributed by atoms with Crippen molar-refractivity contribution in [1.29, 1.82) is 0 Å². The van der Waals surface area contributed by atoms with Crippen molar-refractivity contribution in [2.24, 2.45) is 0 Å². The Hall–Kier alpha value is -1.75. The van der Waals surface area contributed by atoms with Gasteiger partial charge in [-0.05, 0) is 31.0 Å². The number of halogens is 1. The lowest BCUT2D eigenvalue weighted by molar-refractivity contribution is -0.133. The lowest BCUT2D eigenvalue weighted by Crippen LogP contribution is -2.36. The van der Waals surface area contributed by atoms with E-state index in [4.69, 9.17) is 21.4 Å². The predicted molar refractivity (Wildman–Crippen MR) is 81.1 cm³/mol. The fourth-order valence-electron chi connectivity index (χ4n) is 1.88. The molecule has 0 spiro atoms. The van der Waals surface area contributed by atoms with Gasteiger partial charge in [-0.1, -0.05) is 25.4 Å². The minimum atomic E-state index is -1.06. The van der Waals surface area contributed by atoms with Crippen LogP contribution in [0.5, 0.6) is 5.75 Å². The van der Waals surface area contributed by atoms with E-state index < -0.39 is 5.97 Å². The van der Waals surface area contributed by atoms with Crippen molar-refractivity contribution < 1.29 is 19.4 Å². The molecule has 0 atom stereocenters. The summed E-state index contributed by atoms with van der Waals surface area (Å²) in [5.74, 6) is -0.850. The molecule has 1 rings (SSSR count). The number of amides is 1. The van der Waals surface area contributed by atoms with Crippen molar-refractivity contribution in [3.63, 3.8) is 0 Å². The Morgan fingerprint density at radius 1 is 1.24 bits per heavy atom. The van der Waals surface area contributed by atoms with Crippen LogP contribution in [0.15, 0.2) is 18.2 Å². The highest BCUT2D eigenvalue weighted by molar-refractivity contribution is 6.32. The highest BCUT2D eigenvalue weighted by atomic mass is 35.5. The summed E-state index contributed by atoms with van der Waals surface area (Å²) in [6.45, 7) is 5.31. The van der Waals surface area contributed by atoms with E-state index in [1.54, 1.807) is 4.90 Å². The SMILES string of the molecule is CCCN(CCC)C(=O)COc1ccc(C(=O)O)cc1Cl. The molecule has 5 nitrogen and oxygen atoms in total. The Bertz CT molecular complexity index is 498. The van der Waals surface area contributed by atoms with E-state index in [1.165, 1.54) is 18.2 Å². The number of benzene rings is 1. The molecule has 21 heavy (non-hydrogen) atoms. The third-order valence-electron chi connectivity index (χ3n) is 2.87. The van der Waals surface area contributed by atoms with E-state index in [-0.39, 0.29) is 23.1 Å². The fraction of sp³-hybridized carbons (Fsp3) is 0.467. The van der Waals surface area contributed by atoms with Gasteiger partial charge in [-0.25, -0.2) is 4.79 Å². The number of hydrogen-bond acceptors (Lipinski definition) is 3. The molecule has 116 valence electrons. The van der Waals surface area contributed by atoms with Crippen LogP contribution in [0.2, 0.25) is 5.02 Å². The van der Waals surface area contributed by atoms with Crippen molar-refractivity contribution in [1.82, 2.24) is 4.90 Å². The molecule has 1 N–H and O–H groups in total. The first-order valence-electron chi connectivity index (χ1n) is 6.93. The van der Waals surface area contributed by atoms with Crippen LogP contribution in [0.4, 0.5) is 0 Å². The van der Waals surface area contributed by atoms with Crippen molar-refractivity contribution in [3.05, 3.63) is 28.8 Å². The molecule has 0 radical (unpaired) electrons. The van der Waals surface area contributed by atoms with Crippen molar-refractivity contribution in [3.8, 4) is 5.75 Å². The number of rotatable bonds is 8. The van der Waals surface area contributed by atoms with Crippen molar-refractivity contribution in [2.45, 2.75) is 26.7 Å². The quantitative estimate of drug-likeness (QED) is 0.801. The molecular formula is C15H20ClNO4. The molecule has 6 heteroatoms. The Morgan fingerprint density at radius 2 is 1.86 bits per heavy atom. The average Bonchev–Trinajstić information content (AvgIpc) is 2.45. The van der Waals surface area contributed by atoms with Gasteiger partial charge in [0, 0.05) is 13.1 Å². The third kappa shape index (κ3) is 5.27. The van der Waals surface area contributed by atoms with Crippen LogP contribution in [0.3, 0.4) is 0 Å². The van der Waals surface area contributed by atoms with E-state index in [2.05, 4.69) is 0 Å². The lowest BCUT2D eigenvalue weighted by Gasteiger charge is -2.21. The minimum Gasteiger partial charge on any atom is -0.482 e. The van der Waals surface area contributed by atoms with Gasteiger partial charge in [0.05, 0.1) is 10.6 Å². The normalized spacial score (nSPS) is 10.2. The average molecular weight is 314 g/mol. The smallest absolute Gasteiger partial charge is 0.335 e. The molecule has 0 aliphatic carbocycles. The number of aromatic carboxylic acids is 1. The van der Waals surface area contributed by atoms with Crippen LogP contribution < -0.4 is 4.74 Å². The van der Waals surface area contributed by atoms with Gasteiger partial charge >= 0.3 is 5.97 Å². The zero-order valence-electron chi connectivity index (χ0n) is 12.3. The number of carbonyl (C=O) groups excluding carboxylic acids is 1. The molecule has 1 aromatic rings. The summed E-state index contributed by atoms with van der Waals surface area (Å²) in [5.41, 5.74) is 0.0808. The lowest BCUT2D eigenvalue weighted by atomic mass is 10.2. The van der Waals surface area contributed by atoms with E-state index in [0.717, 1.165) is 12.8 Å². The predicted octanol–water partition coefficient (Wildman–Crippen LogP) is 3.07. The first-order chi connectivity index (χ1) is 9.99. The number of ether oxygens (including phenoxy) is 1. The Labute approximate surface area is 129 Å². The van der Waals surface area contributed by atoms with Gasteiger partial charge in [0.2, 0.25) is 0 Å². The second-order valence-electron chi connectivity index (χ2n) is 4.62. The molecule has 0 aliphatic rings. The maximum atomic E-state index is 12.0. The summed E-state index contributed by atoms with van der Waals surface area (Å²) in [5, 5.41) is 9.03. The fourth-order valence-corrected chi connectivity index (χ4v) is 2.12. The molecule has 0 unspecified atom stereocenters.